The normalized spacial score (nSPS) is 20.6. The first kappa shape index (κ1) is 25.2. The molecule has 0 spiro atoms. The molecule has 1 fully saturated rings. The number of sulfonamides is 1. The summed E-state index contributed by atoms with van der Waals surface area (Å²) in [6.45, 7) is 5.81. The van der Waals surface area contributed by atoms with E-state index < -0.39 is 10.0 Å². The highest BCUT2D eigenvalue weighted by molar-refractivity contribution is 7.92. The number of rotatable bonds is 7. The van der Waals surface area contributed by atoms with Crippen molar-refractivity contribution < 1.29 is 22.7 Å². The van der Waals surface area contributed by atoms with Gasteiger partial charge in [-0.3, -0.25) is 14.3 Å². The molecule has 7 nitrogen and oxygen atoms in total. The Morgan fingerprint density at radius 3 is 2.46 bits per heavy atom. The van der Waals surface area contributed by atoms with Gasteiger partial charge in [-0.1, -0.05) is 50.2 Å². The van der Waals surface area contributed by atoms with Crippen molar-refractivity contribution in [3.8, 4) is 0 Å². The molecule has 2 aliphatic rings. The minimum absolute atomic E-state index is 0.0156. The van der Waals surface area contributed by atoms with Gasteiger partial charge in [0.15, 0.2) is 11.6 Å². The molecule has 0 aromatic heterocycles. The summed E-state index contributed by atoms with van der Waals surface area (Å²) in [6.07, 6.45) is 0.594. The molecular weight excluding hydrogens is 488 g/mol. The second-order valence-electron chi connectivity index (χ2n) is 10.00. The van der Waals surface area contributed by atoms with Crippen LogP contribution >= 0.6 is 0 Å². The number of hydrogen-bond donors (Lipinski definition) is 2. The first-order valence-electron chi connectivity index (χ1n) is 12.4. The van der Waals surface area contributed by atoms with Gasteiger partial charge in [0.05, 0.1) is 17.0 Å². The monoisotopic (exact) mass is 518 g/mol. The second kappa shape index (κ2) is 9.76. The van der Waals surface area contributed by atoms with Crippen molar-refractivity contribution in [2.75, 3.05) is 16.6 Å². The van der Waals surface area contributed by atoms with E-state index in [2.05, 4.69) is 10.0 Å². The van der Waals surface area contributed by atoms with Gasteiger partial charge in [0, 0.05) is 46.5 Å². The molecule has 2 N–H and O–H groups in total. The highest BCUT2D eigenvalue weighted by atomic mass is 32.2. The van der Waals surface area contributed by atoms with Crippen LogP contribution in [0.25, 0.3) is 0 Å². The van der Waals surface area contributed by atoms with E-state index in [4.69, 9.17) is 4.74 Å². The minimum atomic E-state index is -3.88. The molecule has 3 atom stereocenters. The molecule has 2 heterocycles. The third kappa shape index (κ3) is 4.91. The molecule has 0 saturated carbocycles. The molecule has 3 aromatic rings. The van der Waals surface area contributed by atoms with Gasteiger partial charge < -0.3 is 10.1 Å². The molecule has 3 aromatic carbocycles. The van der Waals surface area contributed by atoms with E-state index in [1.54, 1.807) is 36.4 Å². The van der Waals surface area contributed by atoms with Crippen LogP contribution < -0.4 is 10.0 Å². The van der Waals surface area contributed by atoms with Crippen molar-refractivity contribution in [2.45, 2.75) is 44.2 Å². The Kier molecular flexibility index (Phi) is 6.64. The maximum absolute atomic E-state index is 13.2. The number of carbonyl (C=O) groups is 2. The Hall–Kier alpha value is -3.49. The fourth-order valence-corrected chi connectivity index (χ4v) is 6.24. The highest BCUT2D eigenvalue weighted by Gasteiger charge is 2.42. The smallest absolute Gasteiger partial charge is 0.261 e. The van der Waals surface area contributed by atoms with Gasteiger partial charge in [0.2, 0.25) is 0 Å². The Bertz CT molecular complexity index is 1460. The summed E-state index contributed by atoms with van der Waals surface area (Å²) in [7, 11) is -3.88. The van der Waals surface area contributed by atoms with Gasteiger partial charge >= 0.3 is 0 Å². The van der Waals surface area contributed by atoms with E-state index in [1.165, 1.54) is 13.0 Å². The third-order valence-electron chi connectivity index (χ3n) is 7.12. The lowest BCUT2D eigenvalue weighted by atomic mass is 9.81. The van der Waals surface area contributed by atoms with Gasteiger partial charge in [-0.25, -0.2) is 8.42 Å². The summed E-state index contributed by atoms with van der Waals surface area (Å²) in [6, 6.07) is 19.2. The van der Waals surface area contributed by atoms with Crippen LogP contribution in [-0.2, 0) is 14.8 Å². The molecule has 0 aliphatic carbocycles. The minimum Gasteiger partial charge on any atom is -0.378 e. The second-order valence-corrected chi connectivity index (χ2v) is 11.7. The van der Waals surface area contributed by atoms with Gasteiger partial charge in [0.25, 0.3) is 10.0 Å². The maximum atomic E-state index is 13.2. The Labute approximate surface area is 217 Å². The van der Waals surface area contributed by atoms with Crippen LogP contribution in [-0.4, -0.2) is 26.6 Å². The van der Waals surface area contributed by atoms with Crippen molar-refractivity contribution in [1.82, 2.24) is 0 Å². The van der Waals surface area contributed by atoms with Crippen molar-refractivity contribution in [1.29, 1.82) is 0 Å². The zero-order valence-corrected chi connectivity index (χ0v) is 21.8. The van der Waals surface area contributed by atoms with Crippen molar-refractivity contribution in [3.05, 3.63) is 89.0 Å². The fraction of sp³-hybridized carbons (Fsp3) is 0.310. The van der Waals surface area contributed by atoms with Crippen LogP contribution in [0.2, 0.25) is 0 Å². The number of nitrogens with one attached hydrogen (secondary N) is 2. The predicted molar refractivity (Wildman–Crippen MR) is 142 cm³/mol. The third-order valence-corrected chi connectivity index (χ3v) is 8.50. The number of carbonyl (C=O) groups excluding carboxylic acids is 2. The summed E-state index contributed by atoms with van der Waals surface area (Å²) in [5.41, 5.74) is 4.17. The van der Waals surface area contributed by atoms with Crippen molar-refractivity contribution in [3.63, 3.8) is 0 Å². The molecule has 0 radical (unpaired) electrons. The number of anilines is 2. The summed E-state index contributed by atoms with van der Waals surface area (Å²) >= 11 is 0. The molecule has 1 saturated heterocycles. The number of fused-ring (bicyclic) bond motifs is 3. The van der Waals surface area contributed by atoms with E-state index in [0.29, 0.717) is 23.4 Å². The quantitative estimate of drug-likeness (QED) is 0.385. The summed E-state index contributed by atoms with van der Waals surface area (Å²) in [5.74, 6) is 0.0421. The standard InChI is InChI=1S/C29H30N2O5S/c1-17(2)28(33)20-9-7-19(8-10-20)27-24-13-14-36-29(24)25-16-23(11-12-26(25)30-27)37(34,35)31-22-6-4-5-21(15-22)18(3)32/h4-12,15-17,24,27,29-31H,13-14H2,1-3H3/t24-,27?,29-/m0/s1. The number of Topliss-reactive ketones (excluding diaryl/α,β-unsaturated/α-hetero) is 2. The lowest BCUT2D eigenvalue weighted by molar-refractivity contribution is 0.0827. The van der Waals surface area contributed by atoms with Crippen LogP contribution in [0, 0.1) is 11.8 Å². The molecule has 0 bridgehead atoms. The van der Waals surface area contributed by atoms with Crippen molar-refractivity contribution >= 4 is 33.0 Å². The molecule has 1 unspecified atom stereocenters. The Morgan fingerprint density at radius 2 is 1.76 bits per heavy atom. The predicted octanol–water partition coefficient (Wildman–Crippen LogP) is 5.77. The van der Waals surface area contributed by atoms with Gasteiger partial charge in [-0.15, -0.1) is 0 Å². The highest BCUT2D eigenvalue weighted by Crippen LogP contribution is 2.50. The van der Waals surface area contributed by atoms with E-state index in [-0.39, 0.29) is 40.4 Å². The Balaban J connectivity index is 1.42. The average molecular weight is 519 g/mol. The van der Waals surface area contributed by atoms with Crippen LogP contribution in [0.4, 0.5) is 11.4 Å². The first-order chi connectivity index (χ1) is 17.6. The van der Waals surface area contributed by atoms with Crippen LogP contribution in [0.1, 0.15) is 71.2 Å². The molecule has 8 heteroatoms. The fourth-order valence-electron chi connectivity index (χ4n) is 5.15. The molecule has 5 rings (SSSR count). The SMILES string of the molecule is CC(=O)c1cccc(NS(=O)(=O)c2ccc3c(c2)[C@H]2OCC[C@H]2C(c2ccc(C(=O)C(C)C)cc2)N3)c1. The zero-order chi connectivity index (χ0) is 26.3. The molecule has 37 heavy (non-hydrogen) atoms. The lowest BCUT2D eigenvalue weighted by Crippen LogP contribution is -2.29. The molecule has 0 amide bonds. The van der Waals surface area contributed by atoms with Crippen molar-refractivity contribution in [2.24, 2.45) is 11.8 Å². The number of hydrogen-bond acceptors (Lipinski definition) is 6. The van der Waals surface area contributed by atoms with Gasteiger partial charge in [-0.05, 0) is 49.2 Å². The van der Waals surface area contributed by atoms with Crippen LogP contribution in [0.5, 0.6) is 0 Å². The van der Waals surface area contributed by atoms with Crippen LogP contribution in [0.15, 0.2) is 71.6 Å². The largest absolute Gasteiger partial charge is 0.378 e. The first-order valence-corrected chi connectivity index (χ1v) is 13.9. The van der Waals surface area contributed by atoms with E-state index in [1.807, 2.05) is 38.1 Å². The van der Waals surface area contributed by atoms with Gasteiger partial charge in [-0.2, -0.15) is 0 Å². The lowest BCUT2D eigenvalue weighted by Gasteiger charge is -2.36. The molecular formula is C29H30N2O5S. The number of ketones is 2. The molecule has 192 valence electrons. The topological polar surface area (TPSA) is 102 Å². The average Bonchev–Trinajstić information content (AvgIpc) is 3.38. The number of benzene rings is 3. The summed E-state index contributed by atoms with van der Waals surface area (Å²) in [5, 5.41) is 3.59. The zero-order valence-electron chi connectivity index (χ0n) is 21.0. The maximum Gasteiger partial charge on any atom is 0.261 e. The Morgan fingerprint density at radius 1 is 1.00 bits per heavy atom. The summed E-state index contributed by atoms with van der Waals surface area (Å²) < 4.78 is 35.1. The number of ether oxygens (including phenoxy) is 1. The van der Waals surface area contributed by atoms with E-state index >= 15 is 0 Å². The molecule has 2 aliphatic heterocycles. The van der Waals surface area contributed by atoms with E-state index in [0.717, 1.165) is 23.2 Å². The van der Waals surface area contributed by atoms with Crippen LogP contribution in [0.3, 0.4) is 0 Å². The van der Waals surface area contributed by atoms with E-state index in [9.17, 15) is 18.0 Å². The van der Waals surface area contributed by atoms with Gasteiger partial charge in [0.1, 0.15) is 0 Å². The summed E-state index contributed by atoms with van der Waals surface area (Å²) in [4.78, 5) is 24.2.